The van der Waals surface area contributed by atoms with Gasteiger partial charge in [0.05, 0.1) is 12.3 Å². The Labute approximate surface area is 218 Å². The van der Waals surface area contributed by atoms with Crippen molar-refractivity contribution in [2.45, 2.75) is 84.5 Å². The van der Waals surface area contributed by atoms with Crippen LogP contribution in [-0.4, -0.2) is 71.9 Å². The topological polar surface area (TPSA) is 124 Å². The van der Waals surface area contributed by atoms with Crippen molar-refractivity contribution in [2.24, 2.45) is 5.10 Å². The summed E-state index contributed by atoms with van der Waals surface area (Å²) in [7, 11) is 0. The zero-order valence-corrected chi connectivity index (χ0v) is 22.7. The lowest BCUT2D eigenvalue weighted by Crippen LogP contribution is -2.41. The van der Waals surface area contributed by atoms with E-state index in [-0.39, 0.29) is 37.2 Å². The van der Waals surface area contributed by atoms with Gasteiger partial charge >= 0.3 is 12.1 Å². The van der Waals surface area contributed by atoms with E-state index >= 15 is 0 Å². The van der Waals surface area contributed by atoms with Gasteiger partial charge in [-0.3, -0.25) is 9.59 Å². The monoisotopic (exact) mass is 517 g/mol. The molecule has 2 rings (SSSR count). The normalized spacial score (nSPS) is 14.9. The van der Waals surface area contributed by atoms with Crippen LogP contribution in [0.3, 0.4) is 0 Å². The Kier molecular flexibility index (Phi) is 10.8. The van der Waals surface area contributed by atoms with E-state index in [0.717, 1.165) is 0 Å². The molecule has 1 fully saturated rings. The Morgan fingerprint density at radius 2 is 1.54 bits per heavy atom. The fraction of sp³-hybridized carbons (Fsp3) is 0.593. The maximum atomic E-state index is 12.6. The number of carbonyl (C=O) groups is 4. The highest BCUT2D eigenvalue weighted by molar-refractivity contribution is 5.98. The van der Waals surface area contributed by atoms with Crippen molar-refractivity contribution in [3.63, 3.8) is 0 Å². The highest BCUT2D eigenvalue weighted by atomic mass is 16.6. The number of Topliss-reactive ketones (excluding diaryl/α,β-unsaturated/α-hetero) is 1. The van der Waals surface area contributed by atoms with Crippen molar-refractivity contribution in [1.82, 2.24) is 10.3 Å². The molecule has 0 bridgehead atoms. The Morgan fingerprint density at radius 3 is 2.11 bits per heavy atom. The number of piperidine rings is 1. The fourth-order valence-electron chi connectivity index (χ4n) is 3.57. The lowest BCUT2D eigenvalue weighted by atomic mass is 10.0. The predicted octanol–water partition coefficient (Wildman–Crippen LogP) is 3.86. The maximum Gasteiger partial charge on any atom is 0.428 e. The van der Waals surface area contributed by atoms with E-state index in [2.05, 4.69) is 10.5 Å². The van der Waals surface area contributed by atoms with Crippen molar-refractivity contribution < 1.29 is 33.4 Å². The molecule has 1 aromatic rings. The number of amides is 2. The van der Waals surface area contributed by atoms with E-state index in [1.54, 1.807) is 70.7 Å². The summed E-state index contributed by atoms with van der Waals surface area (Å²) in [5, 5.41) is 3.83. The van der Waals surface area contributed by atoms with Gasteiger partial charge in [-0.2, -0.15) is 5.10 Å². The molecule has 1 heterocycles. The van der Waals surface area contributed by atoms with E-state index in [0.29, 0.717) is 37.1 Å². The number of ether oxygens (including phenoxy) is 3. The van der Waals surface area contributed by atoms with Crippen LogP contribution in [0.25, 0.3) is 0 Å². The predicted molar refractivity (Wildman–Crippen MR) is 138 cm³/mol. The summed E-state index contributed by atoms with van der Waals surface area (Å²) in [5.41, 5.74) is 2.31. The zero-order chi connectivity index (χ0) is 27.6. The van der Waals surface area contributed by atoms with Crippen LogP contribution in [0.4, 0.5) is 4.79 Å². The van der Waals surface area contributed by atoms with Crippen LogP contribution in [0.15, 0.2) is 29.4 Å². The van der Waals surface area contributed by atoms with Crippen LogP contribution in [0.2, 0.25) is 0 Å². The minimum Gasteiger partial charge on any atom is -0.458 e. The van der Waals surface area contributed by atoms with Crippen LogP contribution < -0.4 is 5.43 Å². The van der Waals surface area contributed by atoms with Crippen molar-refractivity contribution in [2.75, 3.05) is 19.7 Å². The average molecular weight is 518 g/mol. The number of nitrogens with one attached hydrogen (secondary N) is 1. The highest BCUT2D eigenvalue weighted by Crippen LogP contribution is 2.17. The Hall–Kier alpha value is -3.27. The molecule has 1 N–H and O–H groups in total. The molecule has 0 spiro atoms. The van der Waals surface area contributed by atoms with E-state index in [9.17, 15) is 19.2 Å². The Balaban J connectivity index is 1.70. The molecule has 10 heteroatoms. The third-order valence-corrected chi connectivity index (χ3v) is 5.22. The number of likely N-dealkylation sites (tertiary alicyclic amines) is 1. The van der Waals surface area contributed by atoms with Crippen molar-refractivity contribution in [3.8, 4) is 0 Å². The van der Waals surface area contributed by atoms with Gasteiger partial charge in [0.2, 0.25) is 5.91 Å². The van der Waals surface area contributed by atoms with Crippen molar-refractivity contribution in [3.05, 3.63) is 35.4 Å². The molecule has 0 aliphatic carbocycles. The average Bonchev–Trinajstić information content (AvgIpc) is 2.79. The first kappa shape index (κ1) is 30.0. The molecule has 0 atom stereocenters. The van der Waals surface area contributed by atoms with Crippen molar-refractivity contribution in [1.29, 1.82) is 0 Å². The molecule has 0 unspecified atom stereocenters. The summed E-state index contributed by atoms with van der Waals surface area (Å²) < 4.78 is 16.0. The second-order valence-electron chi connectivity index (χ2n) is 10.9. The molecule has 10 nitrogen and oxygen atoms in total. The largest absolute Gasteiger partial charge is 0.458 e. The number of ketones is 1. The van der Waals surface area contributed by atoms with E-state index in [1.165, 1.54) is 6.21 Å². The summed E-state index contributed by atoms with van der Waals surface area (Å²) in [4.78, 5) is 50.2. The maximum absolute atomic E-state index is 12.6. The molecule has 1 aromatic carbocycles. The van der Waals surface area contributed by atoms with Crippen LogP contribution >= 0.6 is 0 Å². The summed E-state index contributed by atoms with van der Waals surface area (Å²) in [6, 6.07) is 6.74. The molecular formula is C27H39N3O7. The summed E-state index contributed by atoms with van der Waals surface area (Å²) in [6.45, 7) is 11.6. The van der Waals surface area contributed by atoms with Gasteiger partial charge in [-0.05, 0) is 59.9 Å². The van der Waals surface area contributed by atoms with Gasteiger partial charge in [-0.15, -0.1) is 0 Å². The number of hydrogen-bond donors (Lipinski definition) is 1. The number of carbonyl (C=O) groups excluding carboxylic acids is 4. The number of esters is 1. The van der Waals surface area contributed by atoms with Gasteiger partial charge in [-0.25, -0.2) is 15.0 Å². The van der Waals surface area contributed by atoms with Gasteiger partial charge in [0.1, 0.15) is 17.8 Å². The fourth-order valence-corrected chi connectivity index (χ4v) is 3.57. The number of nitrogens with zero attached hydrogens (tertiary/aromatic N) is 2. The molecule has 37 heavy (non-hydrogen) atoms. The van der Waals surface area contributed by atoms with Crippen LogP contribution in [0.5, 0.6) is 0 Å². The summed E-state index contributed by atoms with van der Waals surface area (Å²) >= 11 is 0. The van der Waals surface area contributed by atoms with Crippen LogP contribution in [0.1, 0.15) is 83.1 Å². The first-order valence-corrected chi connectivity index (χ1v) is 12.5. The minimum absolute atomic E-state index is 0.0732. The van der Waals surface area contributed by atoms with E-state index in [1.807, 2.05) is 0 Å². The van der Waals surface area contributed by atoms with Gasteiger partial charge in [0.15, 0.2) is 5.78 Å². The van der Waals surface area contributed by atoms with Gasteiger partial charge in [0.25, 0.3) is 0 Å². The molecule has 0 saturated carbocycles. The van der Waals surface area contributed by atoms with E-state index < -0.39 is 23.3 Å². The molecule has 1 aliphatic rings. The molecule has 0 radical (unpaired) electrons. The standard InChI is InChI=1S/C27H39N3O7/c1-26(2,3)36-24(33)18-35-21-13-15-30(16-14-21)23(32)12-11-22(31)20-9-7-19(8-10-20)17-28-29-25(34)37-27(4,5)6/h7-10,17,21H,11-16,18H2,1-6H3,(H,29,34). The second-order valence-corrected chi connectivity index (χ2v) is 10.9. The number of rotatable bonds is 9. The first-order valence-electron chi connectivity index (χ1n) is 12.5. The quantitative estimate of drug-likeness (QED) is 0.228. The number of benzene rings is 1. The summed E-state index contributed by atoms with van der Waals surface area (Å²) in [5.74, 6) is -0.600. The lowest BCUT2D eigenvalue weighted by Gasteiger charge is -2.32. The lowest BCUT2D eigenvalue weighted by molar-refractivity contribution is -0.163. The molecule has 204 valence electrons. The zero-order valence-electron chi connectivity index (χ0n) is 22.7. The highest BCUT2D eigenvalue weighted by Gasteiger charge is 2.25. The molecule has 0 aromatic heterocycles. The van der Waals surface area contributed by atoms with Gasteiger partial charge in [0, 0.05) is 31.5 Å². The Bertz CT molecular complexity index is 967. The van der Waals surface area contributed by atoms with Crippen molar-refractivity contribution >= 4 is 30.0 Å². The van der Waals surface area contributed by atoms with Gasteiger partial charge in [-0.1, -0.05) is 24.3 Å². The molecular weight excluding hydrogens is 478 g/mol. The number of hydrogen-bond acceptors (Lipinski definition) is 8. The van der Waals surface area contributed by atoms with Gasteiger partial charge < -0.3 is 19.1 Å². The van der Waals surface area contributed by atoms with Crippen LogP contribution in [-0.2, 0) is 23.8 Å². The second kappa shape index (κ2) is 13.3. The first-order chi connectivity index (χ1) is 17.2. The molecule has 2 amide bonds. The number of hydrazone groups is 1. The summed E-state index contributed by atoms with van der Waals surface area (Å²) in [6.07, 6.45) is 2.20. The smallest absolute Gasteiger partial charge is 0.428 e. The third-order valence-electron chi connectivity index (χ3n) is 5.22. The Morgan fingerprint density at radius 1 is 0.946 bits per heavy atom. The third kappa shape index (κ3) is 12.0. The van der Waals surface area contributed by atoms with Crippen LogP contribution in [0, 0.1) is 0 Å². The minimum atomic E-state index is -0.655. The molecule has 1 saturated heterocycles. The SMILES string of the molecule is CC(C)(C)OC(=O)COC1CCN(C(=O)CCC(=O)c2ccc(C=NNC(=O)OC(C)(C)C)cc2)CC1. The molecule has 1 aliphatic heterocycles. The van der Waals surface area contributed by atoms with E-state index in [4.69, 9.17) is 14.2 Å².